The Morgan fingerprint density at radius 1 is 1.25 bits per heavy atom. The summed E-state index contributed by atoms with van der Waals surface area (Å²) in [6.07, 6.45) is 0.813. The van der Waals surface area contributed by atoms with Crippen LogP contribution in [0.15, 0.2) is 42.5 Å². The van der Waals surface area contributed by atoms with Crippen molar-refractivity contribution in [1.29, 1.82) is 0 Å². The van der Waals surface area contributed by atoms with Gasteiger partial charge in [0.25, 0.3) is 11.6 Å². The molecule has 2 rings (SSSR count). The first kappa shape index (κ1) is 21.7. The van der Waals surface area contributed by atoms with Crippen LogP contribution in [0, 0.1) is 10.1 Å². The summed E-state index contributed by atoms with van der Waals surface area (Å²) in [7, 11) is 0. The highest BCUT2D eigenvalue weighted by Gasteiger charge is 2.17. The minimum absolute atomic E-state index is 0.143. The maximum Gasteiger partial charge on any atom is 0.293 e. The molecule has 0 unspecified atom stereocenters. The molecule has 1 amide bonds. The van der Waals surface area contributed by atoms with Crippen LogP contribution < -0.4 is 10.6 Å². The van der Waals surface area contributed by atoms with Crippen LogP contribution in [0.5, 0.6) is 0 Å². The number of nitro benzene ring substituents is 1. The SMILES string of the molecule is CC(C)OCCCNC(=O)c1ccc(NCc2ccccc2Cl)c([N+](=O)[O-])c1. The fourth-order valence-electron chi connectivity index (χ4n) is 2.50. The average Bonchev–Trinajstić information content (AvgIpc) is 2.66. The monoisotopic (exact) mass is 405 g/mol. The van der Waals surface area contributed by atoms with Crippen molar-refractivity contribution in [2.75, 3.05) is 18.5 Å². The van der Waals surface area contributed by atoms with Crippen LogP contribution in [-0.4, -0.2) is 30.1 Å². The Balaban J connectivity index is 2.00. The molecule has 8 heteroatoms. The fraction of sp³-hybridized carbons (Fsp3) is 0.350. The molecular weight excluding hydrogens is 382 g/mol. The molecule has 2 aromatic rings. The van der Waals surface area contributed by atoms with Gasteiger partial charge in [0.15, 0.2) is 0 Å². The van der Waals surface area contributed by atoms with Gasteiger partial charge in [-0.15, -0.1) is 0 Å². The quantitative estimate of drug-likeness (QED) is 0.347. The van der Waals surface area contributed by atoms with Crippen LogP contribution in [-0.2, 0) is 11.3 Å². The molecule has 0 aliphatic rings. The van der Waals surface area contributed by atoms with Crippen LogP contribution in [0.25, 0.3) is 0 Å². The topological polar surface area (TPSA) is 93.5 Å². The number of anilines is 1. The van der Waals surface area contributed by atoms with Crippen molar-refractivity contribution >= 4 is 28.9 Å². The molecule has 2 N–H and O–H groups in total. The van der Waals surface area contributed by atoms with Crippen LogP contribution >= 0.6 is 11.6 Å². The zero-order valence-electron chi connectivity index (χ0n) is 15.9. The number of halogens is 1. The van der Waals surface area contributed by atoms with Gasteiger partial charge in [-0.1, -0.05) is 29.8 Å². The van der Waals surface area contributed by atoms with Crippen molar-refractivity contribution in [2.45, 2.75) is 32.9 Å². The Morgan fingerprint density at radius 3 is 2.68 bits per heavy atom. The first-order valence-electron chi connectivity index (χ1n) is 9.04. The number of nitrogens with one attached hydrogen (secondary N) is 2. The molecule has 0 saturated heterocycles. The first-order chi connectivity index (χ1) is 13.4. The van der Waals surface area contributed by atoms with Crippen LogP contribution in [0.1, 0.15) is 36.2 Å². The molecule has 0 heterocycles. The second kappa shape index (κ2) is 10.6. The largest absolute Gasteiger partial charge is 0.379 e. The predicted molar refractivity (Wildman–Crippen MR) is 110 cm³/mol. The summed E-state index contributed by atoms with van der Waals surface area (Å²) in [6.45, 7) is 5.20. The van der Waals surface area contributed by atoms with Crippen LogP contribution in [0.3, 0.4) is 0 Å². The maximum absolute atomic E-state index is 12.2. The highest BCUT2D eigenvalue weighted by molar-refractivity contribution is 6.31. The molecule has 0 atom stereocenters. The van der Waals surface area contributed by atoms with Crippen molar-refractivity contribution in [3.8, 4) is 0 Å². The van der Waals surface area contributed by atoms with E-state index in [9.17, 15) is 14.9 Å². The number of carbonyl (C=O) groups is 1. The van der Waals surface area contributed by atoms with Gasteiger partial charge < -0.3 is 15.4 Å². The number of benzene rings is 2. The zero-order chi connectivity index (χ0) is 20.5. The van der Waals surface area contributed by atoms with E-state index >= 15 is 0 Å². The smallest absolute Gasteiger partial charge is 0.293 e. The van der Waals surface area contributed by atoms with E-state index in [0.29, 0.717) is 36.8 Å². The van der Waals surface area contributed by atoms with E-state index in [4.69, 9.17) is 16.3 Å². The van der Waals surface area contributed by atoms with Gasteiger partial charge in [-0.05, 0) is 44.0 Å². The second-order valence-corrected chi connectivity index (χ2v) is 6.87. The van der Waals surface area contributed by atoms with E-state index in [1.54, 1.807) is 12.1 Å². The summed E-state index contributed by atoms with van der Waals surface area (Å²) in [5.41, 5.74) is 1.22. The van der Waals surface area contributed by atoms with Crippen molar-refractivity contribution in [2.24, 2.45) is 0 Å². The Bertz CT molecular complexity index is 827. The van der Waals surface area contributed by atoms with Gasteiger partial charge in [0, 0.05) is 36.3 Å². The van der Waals surface area contributed by atoms with E-state index in [0.717, 1.165) is 5.56 Å². The summed E-state index contributed by atoms with van der Waals surface area (Å²) in [6, 6.07) is 11.6. The van der Waals surface area contributed by atoms with Gasteiger partial charge in [0.2, 0.25) is 0 Å². The molecule has 0 aliphatic heterocycles. The molecule has 0 aromatic heterocycles. The molecule has 150 valence electrons. The number of nitrogens with zero attached hydrogens (tertiary/aromatic N) is 1. The molecular formula is C20H24ClN3O4. The van der Waals surface area contributed by atoms with Gasteiger partial charge in [0.1, 0.15) is 5.69 Å². The van der Waals surface area contributed by atoms with Gasteiger partial charge in [-0.2, -0.15) is 0 Å². The summed E-state index contributed by atoms with van der Waals surface area (Å²) >= 11 is 6.11. The number of ether oxygens (including phenoxy) is 1. The zero-order valence-corrected chi connectivity index (χ0v) is 16.7. The van der Waals surface area contributed by atoms with Crippen molar-refractivity contribution < 1.29 is 14.5 Å². The molecule has 7 nitrogen and oxygen atoms in total. The molecule has 0 saturated carbocycles. The van der Waals surface area contributed by atoms with Crippen LogP contribution in [0.4, 0.5) is 11.4 Å². The van der Waals surface area contributed by atoms with Crippen molar-refractivity contribution in [1.82, 2.24) is 5.32 Å². The molecule has 0 bridgehead atoms. The summed E-state index contributed by atoms with van der Waals surface area (Å²) in [4.78, 5) is 23.2. The predicted octanol–water partition coefficient (Wildman–Crippen LogP) is 4.41. The van der Waals surface area contributed by atoms with Crippen molar-refractivity contribution in [3.63, 3.8) is 0 Å². The molecule has 0 spiro atoms. The van der Waals surface area contributed by atoms with Crippen molar-refractivity contribution in [3.05, 3.63) is 68.7 Å². The summed E-state index contributed by atoms with van der Waals surface area (Å²) < 4.78 is 5.41. The Hall–Kier alpha value is -2.64. The summed E-state index contributed by atoms with van der Waals surface area (Å²) in [5.74, 6) is -0.356. The Morgan fingerprint density at radius 2 is 2.00 bits per heavy atom. The first-order valence-corrected chi connectivity index (χ1v) is 9.41. The van der Waals surface area contributed by atoms with Gasteiger partial charge >= 0.3 is 0 Å². The fourth-order valence-corrected chi connectivity index (χ4v) is 2.70. The standard InChI is InChI=1S/C20H24ClN3O4/c1-14(2)28-11-5-10-22-20(25)15-8-9-18(19(12-15)24(26)27)23-13-16-6-3-4-7-17(16)21/h3-4,6-9,12,14,23H,5,10-11,13H2,1-2H3,(H,22,25). The number of hydrogen-bond acceptors (Lipinski definition) is 5. The lowest BCUT2D eigenvalue weighted by molar-refractivity contribution is -0.384. The van der Waals surface area contributed by atoms with E-state index in [1.807, 2.05) is 32.0 Å². The maximum atomic E-state index is 12.2. The minimum atomic E-state index is -0.512. The molecule has 0 aliphatic carbocycles. The second-order valence-electron chi connectivity index (χ2n) is 6.46. The number of rotatable bonds is 10. The average molecular weight is 406 g/mol. The van der Waals surface area contributed by atoms with E-state index in [-0.39, 0.29) is 23.3 Å². The molecule has 28 heavy (non-hydrogen) atoms. The van der Waals surface area contributed by atoms with Gasteiger partial charge in [0.05, 0.1) is 11.0 Å². The van der Waals surface area contributed by atoms with E-state index in [1.165, 1.54) is 12.1 Å². The highest BCUT2D eigenvalue weighted by atomic mass is 35.5. The Kier molecular flexibility index (Phi) is 8.22. The lowest BCUT2D eigenvalue weighted by Crippen LogP contribution is -2.25. The van der Waals surface area contributed by atoms with Gasteiger partial charge in [-0.25, -0.2) is 0 Å². The molecule has 0 radical (unpaired) electrons. The van der Waals surface area contributed by atoms with E-state index < -0.39 is 4.92 Å². The third kappa shape index (κ3) is 6.51. The third-order valence-electron chi connectivity index (χ3n) is 3.94. The number of nitro groups is 1. The number of amides is 1. The number of hydrogen-bond donors (Lipinski definition) is 2. The number of carbonyl (C=O) groups excluding carboxylic acids is 1. The van der Waals surface area contributed by atoms with Gasteiger partial charge in [-0.3, -0.25) is 14.9 Å². The Labute approximate surface area is 169 Å². The highest BCUT2D eigenvalue weighted by Crippen LogP contribution is 2.27. The third-order valence-corrected chi connectivity index (χ3v) is 4.31. The normalized spacial score (nSPS) is 10.7. The lowest BCUT2D eigenvalue weighted by Gasteiger charge is -2.11. The summed E-state index contributed by atoms with van der Waals surface area (Å²) in [5, 5.41) is 17.8. The molecule has 2 aromatic carbocycles. The molecule has 0 fully saturated rings. The van der Waals surface area contributed by atoms with E-state index in [2.05, 4.69) is 10.6 Å². The minimum Gasteiger partial charge on any atom is -0.379 e. The van der Waals surface area contributed by atoms with Crippen LogP contribution in [0.2, 0.25) is 5.02 Å². The lowest BCUT2D eigenvalue weighted by atomic mass is 10.1.